The van der Waals surface area contributed by atoms with Gasteiger partial charge in [-0.1, -0.05) is 77.4 Å². The minimum Gasteiger partial charge on any atom is -0.488 e. The molecule has 8 nitrogen and oxygen atoms in total. The van der Waals surface area contributed by atoms with E-state index in [9.17, 15) is 14.7 Å². The topological polar surface area (TPSA) is 111 Å². The fourth-order valence-electron chi connectivity index (χ4n) is 3.32. The maximum Gasteiger partial charge on any atom is 0.360 e. The second-order valence-electron chi connectivity index (χ2n) is 7.55. The number of nitrogens with one attached hydrogen (secondary N) is 1. The van der Waals surface area contributed by atoms with Crippen LogP contribution in [0.2, 0.25) is 5.02 Å². The van der Waals surface area contributed by atoms with E-state index in [0.717, 1.165) is 11.1 Å². The van der Waals surface area contributed by atoms with Crippen molar-refractivity contribution in [2.75, 3.05) is 5.32 Å². The van der Waals surface area contributed by atoms with Gasteiger partial charge in [-0.15, -0.1) is 0 Å². The summed E-state index contributed by atoms with van der Waals surface area (Å²) in [5, 5.41) is 15.8. The fraction of sp³-hybridized carbons (Fsp3) is 0.115. The molecule has 9 heteroatoms. The number of ether oxygens (including phenoxy) is 2. The highest BCUT2D eigenvalue weighted by atomic mass is 35.5. The molecule has 0 saturated carbocycles. The standard InChI is InChI=1S/C26H21ClN2O6/c1-16(30)28-23-24(26(31)32)29-35-25(23)19-12-20(27)22(34-15-18-10-6-3-7-11-18)13-21(19)33-14-17-8-4-2-5-9-17/h2-13H,14-15H2,1H3,(H,28,30)(H,31,32). The van der Waals surface area contributed by atoms with E-state index in [1.807, 2.05) is 60.7 Å². The number of hydrogen-bond acceptors (Lipinski definition) is 6. The Morgan fingerprint density at radius 3 is 2.06 bits per heavy atom. The first kappa shape index (κ1) is 23.8. The van der Waals surface area contributed by atoms with Crippen molar-refractivity contribution in [1.29, 1.82) is 0 Å². The van der Waals surface area contributed by atoms with Crippen molar-refractivity contribution in [3.63, 3.8) is 0 Å². The van der Waals surface area contributed by atoms with Gasteiger partial charge in [-0.2, -0.15) is 0 Å². The Balaban J connectivity index is 1.74. The monoisotopic (exact) mass is 492 g/mol. The minimum atomic E-state index is -1.36. The summed E-state index contributed by atoms with van der Waals surface area (Å²) in [7, 11) is 0. The molecule has 1 aromatic heterocycles. The van der Waals surface area contributed by atoms with E-state index in [-0.39, 0.29) is 29.7 Å². The molecule has 0 radical (unpaired) electrons. The molecule has 1 heterocycles. The van der Waals surface area contributed by atoms with Crippen molar-refractivity contribution in [3.8, 4) is 22.8 Å². The van der Waals surface area contributed by atoms with Crippen LogP contribution >= 0.6 is 11.6 Å². The summed E-state index contributed by atoms with van der Waals surface area (Å²) >= 11 is 6.52. The summed E-state index contributed by atoms with van der Waals surface area (Å²) in [5.41, 5.74) is 1.63. The molecule has 35 heavy (non-hydrogen) atoms. The maximum atomic E-state index is 11.8. The molecule has 0 aliphatic heterocycles. The van der Waals surface area contributed by atoms with E-state index in [1.165, 1.54) is 13.0 Å². The first-order valence-corrected chi connectivity index (χ1v) is 11.0. The Morgan fingerprint density at radius 2 is 1.51 bits per heavy atom. The number of carboxylic acids is 1. The van der Waals surface area contributed by atoms with Crippen LogP contribution < -0.4 is 14.8 Å². The highest BCUT2D eigenvalue weighted by Crippen LogP contribution is 2.43. The van der Waals surface area contributed by atoms with Crippen LogP contribution in [0.25, 0.3) is 11.3 Å². The molecule has 0 spiro atoms. The van der Waals surface area contributed by atoms with Crippen LogP contribution in [0.5, 0.6) is 11.5 Å². The predicted molar refractivity (Wildman–Crippen MR) is 130 cm³/mol. The molecule has 4 rings (SSSR count). The summed E-state index contributed by atoms with van der Waals surface area (Å²) in [4.78, 5) is 23.4. The van der Waals surface area contributed by atoms with Gasteiger partial charge in [0.2, 0.25) is 11.6 Å². The lowest BCUT2D eigenvalue weighted by Gasteiger charge is -2.15. The van der Waals surface area contributed by atoms with Crippen LogP contribution in [0.1, 0.15) is 28.5 Å². The molecule has 0 unspecified atom stereocenters. The van der Waals surface area contributed by atoms with Crippen molar-refractivity contribution >= 4 is 29.2 Å². The summed E-state index contributed by atoms with van der Waals surface area (Å²) in [6.45, 7) is 1.74. The SMILES string of the molecule is CC(=O)Nc1c(C(=O)O)noc1-c1cc(Cl)c(OCc2ccccc2)cc1OCc1ccccc1. The van der Waals surface area contributed by atoms with Crippen LogP contribution in [0, 0.1) is 0 Å². The van der Waals surface area contributed by atoms with Crippen molar-refractivity contribution in [2.24, 2.45) is 0 Å². The molecule has 0 aliphatic rings. The minimum absolute atomic E-state index is 0.00262. The fourth-order valence-corrected chi connectivity index (χ4v) is 3.54. The van der Waals surface area contributed by atoms with Gasteiger partial charge in [0.1, 0.15) is 30.4 Å². The number of carboxylic acid groups (broad SMARTS) is 1. The quantitative estimate of drug-likeness (QED) is 0.303. The van der Waals surface area contributed by atoms with Gasteiger partial charge in [-0.25, -0.2) is 4.79 Å². The number of carbonyl (C=O) groups excluding carboxylic acids is 1. The first-order chi connectivity index (χ1) is 16.9. The van der Waals surface area contributed by atoms with E-state index >= 15 is 0 Å². The lowest BCUT2D eigenvalue weighted by atomic mass is 10.1. The third-order valence-corrected chi connectivity index (χ3v) is 5.24. The number of carbonyl (C=O) groups is 2. The average molecular weight is 493 g/mol. The number of aromatic carboxylic acids is 1. The summed E-state index contributed by atoms with van der Waals surface area (Å²) < 4.78 is 17.3. The van der Waals surface area contributed by atoms with Crippen LogP contribution in [0.15, 0.2) is 77.3 Å². The number of hydrogen-bond donors (Lipinski definition) is 2. The van der Waals surface area contributed by atoms with E-state index < -0.39 is 17.6 Å². The van der Waals surface area contributed by atoms with Gasteiger partial charge in [0.05, 0.1) is 10.6 Å². The first-order valence-electron chi connectivity index (χ1n) is 10.6. The predicted octanol–water partition coefficient (Wildman–Crippen LogP) is 5.81. The van der Waals surface area contributed by atoms with Gasteiger partial charge in [0, 0.05) is 13.0 Å². The zero-order valence-corrected chi connectivity index (χ0v) is 19.4. The molecule has 0 atom stereocenters. The smallest absolute Gasteiger partial charge is 0.360 e. The van der Waals surface area contributed by atoms with Gasteiger partial charge in [0.25, 0.3) is 0 Å². The van der Waals surface area contributed by atoms with Crippen molar-refractivity contribution in [3.05, 3.63) is 94.6 Å². The second kappa shape index (κ2) is 10.8. The number of aromatic nitrogens is 1. The third kappa shape index (κ3) is 5.80. The second-order valence-corrected chi connectivity index (χ2v) is 7.96. The van der Waals surface area contributed by atoms with E-state index in [4.69, 9.17) is 25.6 Å². The molecule has 0 saturated heterocycles. The molecule has 0 aliphatic carbocycles. The molecule has 0 fully saturated rings. The highest BCUT2D eigenvalue weighted by Gasteiger charge is 2.27. The van der Waals surface area contributed by atoms with Crippen LogP contribution in [0.4, 0.5) is 5.69 Å². The summed E-state index contributed by atoms with van der Waals surface area (Å²) in [6.07, 6.45) is 0. The van der Waals surface area contributed by atoms with Gasteiger partial charge >= 0.3 is 5.97 Å². The van der Waals surface area contributed by atoms with Crippen molar-refractivity contribution in [2.45, 2.75) is 20.1 Å². The third-order valence-electron chi connectivity index (χ3n) is 4.95. The number of benzene rings is 3. The number of anilines is 1. The lowest BCUT2D eigenvalue weighted by Crippen LogP contribution is -2.10. The number of nitrogens with zero attached hydrogens (tertiary/aromatic N) is 1. The van der Waals surface area contributed by atoms with Gasteiger partial charge in [-0.3, -0.25) is 4.79 Å². The zero-order valence-electron chi connectivity index (χ0n) is 18.7. The Kier molecular flexibility index (Phi) is 7.32. The Morgan fingerprint density at radius 1 is 0.943 bits per heavy atom. The molecular formula is C26H21ClN2O6. The largest absolute Gasteiger partial charge is 0.488 e. The van der Waals surface area contributed by atoms with Gasteiger partial charge in [0.15, 0.2) is 5.76 Å². The van der Waals surface area contributed by atoms with Crippen LogP contribution in [0.3, 0.4) is 0 Å². The van der Waals surface area contributed by atoms with Crippen molar-refractivity contribution < 1.29 is 28.7 Å². The van der Waals surface area contributed by atoms with Gasteiger partial charge < -0.3 is 24.4 Å². The molecule has 178 valence electrons. The lowest BCUT2D eigenvalue weighted by molar-refractivity contribution is -0.114. The Bertz CT molecular complexity index is 1340. The number of rotatable bonds is 9. The molecular weight excluding hydrogens is 472 g/mol. The van der Waals surface area contributed by atoms with E-state index in [2.05, 4.69) is 10.5 Å². The van der Waals surface area contributed by atoms with Crippen molar-refractivity contribution in [1.82, 2.24) is 5.16 Å². The summed E-state index contributed by atoms with van der Waals surface area (Å²) in [5.74, 6) is -1.18. The number of halogens is 1. The van der Waals surface area contributed by atoms with E-state index in [1.54, 1.807) is 6.07 Å². The normalized spacial score (nSPS) is 10.6. The molecule has 2 N–H and O–H groups in total. The summed E-state index contributed by atoms with van der Waals surface area (Å²) in [6, 6.07) is 22.2. The molecule has 3 aromatic carbocycles. The maximum absolute atomic E-state index is 11.8. The molecule has 4 aromatic rings. The molecule has 0 bridgehead atoms. The van der Waals surface area contributed by atoms with Crippen LogP contribution in [-0.2, 0) is 18.0 Å². The highest BCUT2D eigenvalue weighted by molar-refractivity contribution is 6.32. The number of amides is 1. The molecule has 1 amide bonds. The van der Waals surface area contributed by atoms with E-state index in [0.29, 0.717) is 17.1 Å². The average Bonchev–Trinajstić information content (AvgIpc) is 3.26. The Hall–Kier alpha value is -4.30. The van der Waals surface area contributed by atoms with Crippen LogP contribution in [-0.4, -0.2) is 22.1 Å². The van der Waals surface area contributed by atoms with Gasteiger partial charge in [-0.05, 0) is 17.2 Å². The Labute approximate surface area is 206 Å². The zero-order chi connectivity index (χ0) is 24.8.